The number of carbonyl (C=O) groups excluding carboxylic acids is 2. The second-order valence-electron chi connectivity index (χ2n) is 7.78. The molecule has 0 radical (unpaired) electrons. The second kappa shape index (κ2) is 9.51. The van der Waals surface area contributed by atoms with E-state index in [1.807, 2.05) is 35.9 Å². The molecule has 4 aromatic rings. The van der Waals surface area contributed by atoms with Crippen molar-refractivity contribution in [2.24, 2.45) is 7.05 Å². The van der Waals surface area contributed by atoms with Crippen LogP contribution in [0, 0.1) is 0 Å². The lowest BCUT2D eigenvalue weighted by molar-refractivity contribution is 0.0847. The Morgan fingerprint density at radius 3 is 2.31 bits per heavy atom. The van der Waals surface area contributed by atoms with Gasteiger partial charge >= 0.3 is 0 Å². The number of hydrogen-bond donors (Lipinski definition) is 2. The van der Waals surface area contributed by atoms with Crippen LogP contribution in [0.2, 0.25) is 0 Å². The van der Waals surface area contributed by atoms with E-state index in [2.05, 4.69) is 10.9 Å². The van der Waals surface area contributed by atoms with E-state index < -0.39 is 21.8 Å². The van der Waals surface area contributed by atoms with Crippen LogP contribution in [-0.4, -0.2) is 39.0 Å². The molecule has 0 atom stereocenters. The summed E-state index contributed by atoms with van der Waals surface area (Å²) in [5.41, 5.74) is 6.54. The molecular weight excluding hydrogens is 468 g/mol. The zero-order valence-corrected chi connectivity index (χ0v) is 20.2. The van der Waals surface area contributed by atoms with Crippen molar-refractivity contribution in [1.29, 1.82) is 0 Å². The number of benzene rings is 3. The van der Waals surface area contributed by atoms with Gasteiger partial charge in [-0.15, -0.1) is 0 Å². The number of aromatic nitrogens is 1. The standard InChI is InChI=1S/C25H24N4O5S/c1-28-16-22(21-9-4-5-10-23(21)28)25(31)27-26-24(30)17-7-6-8-20(15-17)35(32,33)29(2)18-11-13-19(34-3)14-12-18/h4-16H,1-3H3,(H,26,30)(H,27,31). The molecule has 0 fully saturated rings. The summed E-state index contributed by atoms with van der Waals surface area (Å²) in [6.45, 7) is 0. The monoisotopic (exact) mass is 492 g/mol. The molecule has 0 saturated heterocycles. The van der Waals surface area contributed by atoms with Crippen LogP contribution in [0.3, 0.4) is 0 Å². The Bertz CT molecular complexity index is 1510. The number of hydrazine groups is 1. The minimum Gasteiger partial charge on any atom is -0.497 e. The van der Waals surface area contributed by atoms with Gasteiger partial charge in [-0.25, -0.2) is 8.42 Å². The first-order valence-electron chi connectivity index (χ1n) is 10.6. The number of carbonyl (C=O) groups is 2. The first-order valence-corrected chi connectivity index (χ1v) is 12.0. The van der Waals surface area contributed by atoms with E-state index in [0.29, 0.717) is 17.0 Å². The Morgan fingerprint density at radius 1 is 0.914 bits per heavy atom. The van der Waals surface area contributed by atoms with E-state index in [1.54, 1.807) is 30.5 Å². The zero-order valence-electron chi connectivity index (χ0n) is 19.3. The highest BCUT2D eigenvalue weighted by atomic mass is 32.2. The summed E-state index contributed by atoms with van der Waals surface area (Å²) < 4.78 is 34.3. The summed E-state index contributed by atoms with van der Waals surface area (Å²) in [4.78, 5) is 25.3. The second-order valence-corrected chi connectivity index (χ2v) is 9.75. The third-order valence-corrected chi connectivity index (χ3v) is 7.40. The van der Waals surface area contributed by atoms with Crippen molar-refractivity contribution in [1.82, 2.24) is 15.4 Å². The van der Waals surface area contributed by atoms with Gasteiger partial charge in [-0.2, -0.15) is 0 Å². The van der Waals surface area contributed by atoms with Crippen LogP contribution in [0.15, 0.2) is 83.9 Å². The molecule has 0 bridgehead atoms. The van der Waals surface area contributed by atoms with Crippen LogP contribution < -0.4 is 19.9 Å². The van der Waals surface area contributed by atoms with Crippen molar-refractivity contribution in [3.63, 3.8) is 0 Å². The van der Waals surface area contributed by atoms with E-state index in [9.17, 15) is 18.0 Å². The number of ether oxygens (including phenoxy) is 1. The quantitative estimate of drug-likeness (QED) is 0.402. The molecule has 2 N–H and O–H groups in total. The smallest absolute Gasteiger partial charge is 0.271 e. The Hall–Kier alpha value is -4.31. The van der Waals surface area contributed by atoms with Crippen LogP contribution in [-0.2, 0) is 17.1 Å². The first-order chi connectivity index (χ1) is 16.7. The summed E-state index contributed by atoms with van der Waals surface area (Å²) in [6, 6.07) is 19.6. The largest absolute Gasteiger partial charge is 0.497 e. The van der Waals surface area contributed by atoms with Gasteiger partial charge in [-0.05, 0) is 48.5 Å². The van der Waals surface area contributed by atoms with Crippen molar-refractivity contribution >= 4 is 38.4 Å². The number of nitrogens with zero attached hydrogens (tertiary/aromatic N) is 2. The summed E-state index contributed by atoms with van der Waals surface area (Å²) in [5.74, 6) is -0.537. The van der Waals surface area contributed by atoms with E-state index in [-0.39, 0.29) is 10.5 Å². The van der Waals surface area contributed by atoms with Crippen LogP contribution >= 0.6 is 0 Å². The summed E-state index contributed by atoms with van der Waals surface area (Å²) in [6.07, 6.45) is 1.67. The Balaban J connectivity index is 1.49. The molecule has 4 rings (SSSR count). The Labute approximate surface area is 202 Å². The van der Waals surface area contributed by atoms with Gasteiger partial charge in [-0.3, -0.25) is 24.7 Å². The molecule has 1 heterocycles. The lowest BCUT2D eigenvalue weighted by atomic mass is 10.2. The van der Waals surface area contributed by atoms with Crippen LogP contribution in [0.25, 0.3) is 10.9 Å². The van der Waals surface area contributed by atoms with E-state index in [4.69, 9.17) is 4.74 Å². The normalized spacial score (nSPS) is 11.2. The van der Waals surface area contributed by atoms with Gasteiger partial charge in [0.2, 0.25) is 0 Å². The highest BCUT2D eigenvalue weighted by Gasteiger charge is 2.23. The molecule has 0 spiro atoms. The number of aryl methyl sites for hydroxylation is 1. The van der Waals surface area contributed by atoms with Crippen LogP contribution in [0.4, 0.5) is 5.69 Å². The molecule has 2 amide bonds. The van der Waals surface area contributed by atoms with E-state index in [0.717, 1.165) is 15.2 Å². The fraction of sp³-hybridized carbons (Fsp3) is 0.120. The van der Waals surface area contributed by atoms with Gasteiger partial charge in [-0.1, -0.05) is 24.3 Å². The third kappa shape index (κ3) is 4.69. The number of hydrogen-bond acceptors (Lipinski definition) is 5. The molecule has 3 aromatic carbocycles. The van der Waals surface area contributed by atoms with Crippen LogP contribution in [0.1, 0.15) is 20.7 Å². The maximum absolute atomic E-state index is 13.1. The fourth-order valence-corrected chi connectivity index (χ4v) is 4.90. The van der Waals surface area contributed by atoms with Crippen molar-refractivity contribution in [2.45, 2.75) is 4.90 Å². The SMILES string of the molecule is COc1ccc(N(C)S(=O)(=O)c2cccc(C(=O)NNC(=O)c3cn(C)c4ccccc34)c2)cc1. The Kier molecular flexibility index (Phi) is 6.48. The average Bonchev–Trinajstić information content (AvgIpc) is 3.23. The van der Waals surface area contributed by atoms with Gasteiger partial charge in [0.25, 0.3) is 21.8 Å². The molecule has 0 aliphatic carbocycles. The van der Waals surface area contributed by atoms with Crippen molar-refractivity contribution in [3.05, 3.63) is 90.1 Å². The first kappa shape index (κ1) is 23.8. The molecule has 1 aromatic heterocycles. The number of rotatable bonds is 6. The molecule has 180 valence electrons. The minimum absolute atomic E-state index is 0.0659. The number of para-hydroxylation sites is 1. The van der Waals surface area contributed by atoms with E-state index >= 15 is 0 Å². The molecule has 0 unspecified atom stereocenters. The molecule has 9 nitrogen and oxygen atoms in total. The van der Waals surface area contributed by atoms with E-state index in [1.165, 1.54) is 38.4 Å². The predicted octanol–water partition coefficient (Wildman–Crippen LogP) is 3.09. The topological polar surface area (TPSA) is 110 Å². The highest BCUT2D eigenvalue weighted by Crippen LogP contribution is 2.25. The maximum Gasteiger partial charge on any atom is 0.271 e. The molecule has 0 aliphatic rings. The highest BCUT2D eigenvalue weighted by molar-refractivity contribution is 7.92. The van der Waals surface area contributed by atoms with Crippen molar-refractivity contribution < 1.29 is 22.7 Å². The molecular formula is C25H24N4O5S. The molecule has 10 heteroatoms. The van der Waals surface area contributed by atoms with Crippen molar-refractivity contribution in [2.75, 3.05) is 18.5 Å². The number of anilines is 1. The van der Waals surface area contributed by atoms with Gasteiger partial charge in [0.05, 0.1) is 23.3 Å². The number of fused-ring (bicyclic) bond motifs is 1. The van der Waals surface area contributed by atoms with Crippen molar-refractivity contribution in [3.8, 4) is 5.75 Å². The lowest BCUT2D eigenvalue weighted by Crippen LogP contribution is -2.41. The maximum atomic E-state index is 13.1. The van der Waals surface area contributed by atoms with Gasteiger partial charge in [0, 0.05) is 36.8 Å². The predicted molar refractivity (Wildman–Crippen MR) is 133 cm³/mol. The number of nitrogens with one attached hydrogen (secondary N) is 2. The van der Waals surface area contributed by atoms with Crippen LogP contribution in [0.5, 0.6) is 5.75 Å². The average molecular weight is 493 g/mol. The Morgan fingerprint density at radius 2 is 1.60 bits per heavy atom. The minimum atomic E-state index is -3.94. The molecule has 35 heavy (non-hydrogen) atoms. The lowest BCUT2D eigenvalue weighted by Gasteiger charge is -2.20. The van der Waals surface area contributed by atoms with Gasteiger partial charge in [0.1, 0.15) is 5.75 Å². The number of sulfonamides is 1. The zero-order chi connectivity index (χ0) is 25.2. The third-order valence-electron chi connectivity index (χ3n) is 5.62. The molecule has 0 aliphatic heterocycles. The summed E-state index contributed by atoms with van der Waals surface area (Å²) >= 11 is 0. The van der Waals surface area contributed by atoms with Gasteiger partial charge in [0.15, 0.2) is 0 Å². The summed E-state index contributed by atoms with van der Waals surface area (Å²) in [5, 5.41) is 0.747. The summed E-state index contributed by atoms with van der Waals surface area (Å²) in [7, 11) is 0.834. The molecule has 0 saturated carbocycles. The number of methoxy groups -OCH3 is 1. The fourth-order valence-electron chi connectivity index (χ4n) is 3.66. The number of amides is 2. The van der Waals surface area contributed by atoms with Gasteiger partial charge < -0.3 is 9.30 Å².